The van der Waals surface area contributed by atoms with Crippen LogP contribution in [0.2, 0.25) is 0 Å². The van der Waals surface area contributed by atoms with Crippen molar-refractivity contribution in [2.24, 2.45) is 5.92 Å². The Morgan fingerprint density at radius 1 is 1.26 bits per heavy atom. The van der Waals surface area contributed by atoms with E-state index in [-0.39, 0.29) is 17.7 Å². The molecular formula is C16H24N4O2S. The van der Waals surface area contributed by atoms with E-state index in [2.05, 4.69) is 15.5 Å². The Bertz CT molecular complexity index is 568. The van der Waals surface area contributed by atoms with Gasteiger partial charge in [-0.2, -0.15) is 0 Å². The molecule has 1 saturated carbocycles. The van der Waals surface area contributed by atoms with Crippen molar-refractivity contribution in [1.82, 2.24) is 20.4 Å². The van der Waals surface area contributed by atoms with Crippen LogP contribution in [-0.2, 0) is 22.6 Å². The van der Waals surface area contributed by atoms with Gasteiger partial charge in [0.1, 0.15) is 10.0 Å². The second-order valence-electron chi connectivity index (χ2n) is 6.38. The number of piperidine rings is 1. The monoisotopic (exact) mass is 336 g/mol. The molecule has 6 nitrogen and oxygen atoms in total. The largest absolute Gasteiger partial charge is 0.349 e. The van der Waals surface area contributed by atoms with E-state index in [0.717, 1.165) is 29.3 Å². The number of likely N-dealkylation sites (tertiary alicyclic amines) is 1. The van der Waals surface area contributed by atoms with E-state index >= 15 is 0 Å². The highest BCUT2D eigenvalue weighted by atomic mass is 32.1. The van der Waals surface area contributed by atoms with E-state index in [1.807, 2.05) is 11.8 Å². The minimum absolute atomic E-state index is 0.0359. The number of aryl methyl sites for hydroxylation is 1. The van der Waals surface area contributed by atoms with Crippen molar-refractivity contribution in [2.45, 2.75) is 64.5 Å². The molecule has 126 valence electrons. The smallest absolute Gasteiger partial charge is 0.225 e. The number of hydrogen-bond acceptors (Lipinski definition) is 5. The van der Waals surface area contributed by atoms with Gasteiger partial charge >= 0.3 is 0 Å². The van der Waals surface area contributed by atoms with E-state index in [9.17, 15) is 9.59 Å². The zero-order valence-corrected chi connectivity index (χ0v) is 14.4. The molecule has 23 heavy (non-hydrogen) atoms. The van der Waals surface area contributed by atoms with Crippen LogP contribution in [0.15, 0.2) is 0 Å². The Kier molecular flexibility index (Phi) is 5.25. The van der Waals surface area contributed by atoms with Crippen molar-refractivity contribution in [3.05, 3.63) is 10.0 Å². The summed E-state index contributed by atoms with van der Waals surface area (Å²) in [4.78, 5) is 26.5. The highest BCUT2D eigenvalue weighted by Gasteiger charge is 2.35. The fourth-order valence-electron chi connectivity index (χ4n) is 3.46. The van der Waals surface area contributed by atoms with Crippen molar-refractivity contribution in [3.8, 4) is 0 Å². The van der Waals surface area contributed by atoms with Gasteiger partial charge in [0.25, 0.3) is 0 Å². The quantitative estimate of drug-likeness (QED) is 0.891. The molecule has 1 aromatic heterocycles. The van der Waals surface area contributed by atoms with Gasteiger partial charge < -0.3 is 10.2 Å². The molecule has 0 spiro atoms. The predicted octanol–water partition coefficient (Wildman–Crippen LogP) is 1.90. The Labute approximate surface area is 140 Å². The SMILES string of the molecule is CCc1nnc(CNC(=O)C2CCC(=O)N(C3CCCC3)C2)s1. The van der Waals surface area contributed by atoms with Crippen molar-refractivity contribution in [3.63, 3.8) is 0 Å². The molecule has 3 rings (SSSR count). The van der Waals surface area contributed by atoms with Gasteiger partial charge in [0.05, 0.1) is 12.5 Å². The number of carbonyl (C=O) groups excluding carboxylic acids is 2. The molecule has 1 aliphatic heterocycles. The molecule has 0 bridgehead atoms. The molecule has 2 aliphatic rings. The van der Waals surface area contributed by atoms with Gasteiger partial charge in [-0.3, -0.25) is 9.59 Å². The first-order valence-corrected chi connectivity index (χ1v) is 9.37. The summed E-state index contributed by atoms with van der Waals surface area (Å²) in [5, 5.41) is 12.9. The molecule has 2 heterocycles. The molecule has 0 radical (unpaired) electrons. The number of rotatable bonds is 5. The molecule has 1 unspecified atom stereocenters. The molecule has 7 heteroatoms. The number of nitrogens with one attached hydrogen (secondary N) is 1. The van der Waals surface area contributed by atoms with Crippen LogP contribution in [0.3, 0.4) is 0 Å². The number of nitrogens with zero attached hydrogens (tertiary/aromatic N) is 3. The molecule has 1 N–H and O–H groups in total. The molecule has 1 atom stereocenters. The maximum atomic E-state index is 12.4. The van der Waals surface area contributed by atoms with Crippen LogP contribution in [0, 0.1) is 5.92 Å². The van der Waals surface area contributed by atoms with Crippen LogP contribution in [-0.4, -0.2) is 39.5 Å². The molecule has 2 amide bonds. The summed E-state index contributed by atoms with van der Waals surface area (Å²) < 4.78 is 0. The van der Waals surface area contributed by atoms with Crippen LogP contribution in [0.25, 0.3) is 0 Å². The van der Waals surface area contributed by atoms with Gasteiger partial charge in [-0.15, -0.1) is 10.2 Å². The van der Waals surface area contributed by atoms with Crippen molar-refractivity contribution in [2.75, 3.05) is 6.54 Å². The van der Waals surface area contributed by atoms with Crippen molar-refractivity contribution in [1.29, 1.82) is 0 Å². The average molecular weight is 336 g/mol. The van der Waals surface area contributed by atoms with Gasteiger partial charge in [0.15, 0.2) is 0 Å². The maximum Gasteiger partial charge on any atom is 0.225 e. The summed E-state index contributed by atoms with van der Waals surface area (Å²) in [6, 6.07) is 0.355. The van der Waals surface area contributed by atoms with Gasteiger partial charge in [-0.25, -0.2) is 0 Å². The van der Waals surface area contributed by atoms with E-state index in [1.165, 1.54) is 12.8 Å². The lowest BCUT2D eigenvalue weighted by molar-refractivity contribution is -0.140. The Morgan fingerprint density at radius 3 is 2.70 bits per heavy atom. The predicted molar refractivity (Wildman–Crippen MR) is 87.8 cm³/mol. The molecule has 1 aliphatic carbocycles. The number of amides is 2. The second kappa shape index (κ2) is 7.38. The first-order chi connectivity index (χ1) is 11.2. The number of aromatic nitrogens is 2. The summed E-state index contributed by atoms with van der Waals surface area (Å²) in [6.45, 7) is 3.05. The highest BCUT2D eigenvalue weighted by Crippen LogP contribution is 2.28. The zero-order valence-electron chi connectivity index (χ0n) is 13.6. The third-order valence-corrected chi connectivity index (χ3v) is 5.87. The lowest BCUT2D eigenvalue weighted by Gasteiger charge is -2.36. The maximum absolute atomic E-state index is 12.4. The number of hydrogen-bond donors (Lipinski definition) is 1. The van der Waals surface area contributed by atoms with E-state index in [4.69, 9.17) is 0 Å². The first-order valence-electron chi connectivity index (χ1n) is 8.55. The van der Waals surface area contributed by atoms with Gasteiger partial charge in [-0.05, 0) is 25.7 Å². The van der Waals surface area contributed by atoms with Crippen LogP contribution < -0.4 is 5.32 Å². The summed E-state index contributed by atoms with van der Waals surface area (Å²) in [5.41, 5.74) is 0. The molecular weight excluding hydrogens is 312 g/mol. The molecule has 2 fully saturated rings. The number of carbonyl (C=O) groups is 2. The normalized spacial score (nSPS) is 22.6. The summed E-state index contributed by atoms with van der Waals surface area (Å²) in [5.74, 6) is 0.165. The van der Waals surface area contributed by atoms with E-state index in [0.29, 0.717) is 32.0 Å². The van der Waals surface area contributed by atoms with Gasteiger partial charge in [-0.1, -0.05) is 31.1 Å². The minimum Gasteiger partial charge on any atom is -0.349 e. The van der Waals surface area contributed by atoms with Crippen LogP contribution in [0.5, 0.6) is 0 Å². The Balaban J connectivity index is 1.53. The lowest BCUT2D eigenvalue weighted by Crippen LogP contribution is -2.49. The molecule has 1 saturated heterocycles. The van der Waals surface area contributed by atoms with Gasteiger partial charge in [0.2, 0.25) is 11.8 Å². The van der Waals surface area contributed by atoms with Crippen molar-refractivity contribution >= 4 is 23.2 Å². The second-order valence-corrected chi connectivity index (χ2v) is 7.53. The topological polar surface area (TPSA) is 75.2 Å². The minimum atomic E-state index is -0.0909. The fraction of sp³-hybridized carbons (Fsp3) is 0.750. The summed E-state index contributed by atoms with van der Waals surface area (Å²) in [6.07, 6.45) is 6.59. The van der Waals surface area contributed by atoms with E-state index in [1.54, 1.807) is 11.3 Å². The van der Waals surface area contributed by atoms with Gasteiger partial charge in [0, 0.05) is 19.0 Å². The van der Waals surface area contributed by atoms with Crippen LogP contribution in [0.1, 0.15) is 55.5 Å². The third kappa shape index (κ3) is 3.88. The summed E-state index contributed by atoms with van der Waals surface area (Å²) >= 11 is 1.54. The molecule has 0 aromatic carbocycles. The Hall–Kier alpha value is -1.50. The average Bonchev–Trinajstić information content (AvgIpc) is 3.24. The third-order valence-electron chi connectivity index (χ3n) is 4.81. The van der Waals surface area contributed by atoms with Crippen LogP contribution >= 0.6 is 11.3 Å². The fourth-order valence-corrected chi connectivity index (χ4v) is 4.19. The van der Waals surface area contributed by atoms with Crippen LogP contribution in [0.4, 0.5) is 0 Å². The summed E-state index contributed by atoms with van der Waals surface area (Å²) in [7, 11) is 0. The standard InChI is InChI=1S/C16H24N4O2S/c1-2-13-18-19-14(23-13)9-17-16(22)11-7-8-15(21)20(10-11)12-5-3-4-6-12/h11-12H,2-10H2,1H3,(H,17,22). The zero-order chi connectivity index (χ0) is 16.2. The highest BCUT2D eigenvalue weighted by molar-refractivity contribution is 7.11. The first kappa shape index (κ1) is 16.4. The molecule has 1 aromatic rings. The Morgan fingerprint density at radius 2 is 2.00 bits per heavy atom. The van der Waals surface area contributed by atoms with Crippen molar-refractivity contribution < 1.29 is 9.59 Å². The lowest BCUT2D eigenvalue weighted by atomic mass is 9.95. The van der Waals surface area contributed by atoms with E-state index < -0.39 is 0 Å².